The van der Waals surface area contributed by atoms with Crippen LogP contribution in [-0.2, 0) is 10.0 Å². The standard InChI is InChI=1S/C11H14BrClN2O2S.ClH/c1-8-7-14-4-5-15(8)18(16,17)9-2-3-11(13)10(12)6-9;/h2-3,6,8,14H,4-5,7H2,1H3;1H/t8-;/m0./s1. The summed E-state index contributed by atoms with van der Waals surface area (Å²) >= 11 is 9.13. The number of rotatable bonds is 2. The van der Waals surface area contributed by atoms with Crippen molar-refractivity contribution >= 4 is 50.0 Å². The Morgan fingerprint density at radius 1 is 1.47 bits per heavy atom. The topological polar surface area (TPSA) is 49.4 Å². The predicted molar refractivity (Wildman–Crippen MR) is 82.6 cm³/mol. The van der Waals surface area contributed by atoms with Crippen molar-refractivity contribution in [1.29, 1.82) is 0 Å². The third-order valence-electron chi connectivity index (χ3n) is 2.94. The minimum absolute atomic E-state index is 0. The summed E-state index contributed by atoms with van der Waals surface area (Å²) in [5, 5.41) is 3.67. The fourth-order valence-corrected chi connectivity index (χ4v) is 4.26. The van der Waals surface area contributed by atoms with Crippen LogP contribution in [0.15, 0.2) is 27.6 Å². The number of hydrogen-bond donors (Lipinski definition) is 1. The molecule has 0 unspecified atom stereocenters. The van der Waals surface area contributed by atoms with Crippen LogP contribution in [0.5, 0.6) is 0 Å². The molecule has 2 rings (SSSR count). The molecule has 1 fully saturated rings. The summed E-state index contributed by atoms with van der Waals surface area (Å²) in [6, 6.07) is 4.63. The number of nitrogens with zero attached hydrogens (tertiary/aromatic N) is 1. The Balaban J connectivity index is 0.00000180. The molecule has 0 bridgehead atoms. The molecule has 1 aliphatic rings. The smallest absolute Gasteiger partial charge is 0.243 e. The molecule has 1 saturated heterocycles. The van der Waals surface area contributed by atoms with E-state index in [1.165, 1.54) is 10.4 Å². The van der Waals surface area contributed by atoms with Crippen LogP contribution in [0.25, 0.3) is 0 Å². The van der Waals surface area contributed by atoms with Crippen molar-refractivity contribution in [2.45, 2.75) is 17.9 Å². The Labute approximate surface area is 133 Å². The second-order valence-corrected chi connectivity index (χ2v) is 7.40. The maximum absolute atomic E-state index is 12.5. The van der Waals surface area contributed by atoms with Crippen LogP contribution in [0.2, 0.25) is 5.02 Å². The van der Waals surface area contributed by atoms with Crippen LogP contribution >= 0.6 is 39.9 Å². The van der Waals surface area contributed by atoms with E-state index in [1.54, 1.807) is 12.1 Å². The van der Waals surface area contributed by atoms with Gasteiger partial charge in [-0.05, 0) is 41.1 Å². The maximum atomic E-state index is 12.5. The lowest BCUT2D eigenvalue weighted by molar-refractivity contribution is 0.284. The largest absolute Gasteiger partial charge is 0.314 e. The zero-order chi connectivity index (χ0) is 13.3. The van der Waals surface area contributed by atoms with Gasteiger partial charge < -0.3 is 5.32 Å². The van der Waals surface area contributed by atoms with Gasteiger partial charge in [-0.3, -0.25) is 0 Å². The van der Waals surface area contributed by atoms with E-state index in [-0.39, 0.29) is 23.3 Å². The maximum Gasteiger partial charge on any atom is 0.243 e. The van der Waals surface area contributed by atoms with E-state index >= 15 is 0 Å². The van der Waals surface area contributed by atoms with Gasteiger partial charge in [0.05, 0.1) is 9.92 Å². The first kappa shape index (κ1) is 17.2. The number of nitrogens with one attached hydrogen (secondary N) is 1. The molecule has 19 heavy (non-hydrogen) atoms. The van der Waals surface area contributed by atoms with Crippen LogP contribution in [0.1, 0.15) is 6.92 Å². The monoisotopic (exact) mass is 388 g/mol. The van der Waals surface area contributed by atoms with E-state index in [2.05, 4.69) is 21.2 Å². The van der Waals surface area contributed by atoms with Crippen molar-refractivity contribution in [1.82, 2.24) is 9.62 Å². The number of halogens is 3. The Morgan fingerprint density at radius 3 is 2.74 bits per heavy atom. The van der Waals surface area contributed by atoms with Crippen molar-refractivity contribution in [2.24, 2.45) is 0 Å². The molecule has 0 amide bonds. The summed E-state index contributed by atoms with van der Waals surface area (Å²) < 4.78 is 27.1. The van der Waals surface area contributed by atoms with Gasteiger partial charge in [0, 0.05) is 30.1 Å². The average molecular weight is 390 g/mol. The minimum atomic E-state index is -3.45. The van der Waals surface area contributed by atoms with Crippen molar-refractivity contribution in [3.8, 4) is 0 Å². The molecule has 8 heteroatoms. The molecule has 0 saturated carbocycles. The minimum Gasteiger partial charge on any atom is -0.314 e. The molecule has 4 nitrogen and oxygen atoms in total. The van der Waals surface area contributed by atoms with E-state index in [9.17, 15) is 8.42 Å². The number of hydrogen-bond acceptors (Lipinski definition) is 3. The summed E-state index contributed by atoms with van der Waals surface area (Å²) in [5.41, 5.74) is 0. The lowest BCUT2D eigenvalue weighted by Crippen LogP contribution is -2.52. The van der Waals surface area contributed by atoms with Crippen molar-refractivity contribution < 1.29 is 8.42 Å². The first-order chi connectivity index (χ1) is 8.43. The van der Waals surface area contributed by atoms with Gasteiger partial charge in [0.2, 0.25) is 10.0 Å². The summed E-state index contributed by atoms with van der Waals surface area (Å²) in [4.78, 5) is 0.271. The summed E-state index contributed by atoms with van der Waals surface area (Å²) in [6.07, 6.45) is 0. The van der Waals surface area contributed by atoms with Gasteiger partial charge in [-0.1, -0.05) is 11.6 Å². The van der Waals surface area contributed by atoms with Gasteiger partial charge in [0.1, 0.15) is 0 Å². The molecule has 108 valence electrons. The second kappa shape index (κ2) is 6.74. The molecule has 1 aliphatic heterocycles. The molecular formula is C11H15BrCl2N2O2S. The highest BCUT2D eigenvalue weighted by molar-refractivity contribution is 9.10. The summed E-state index contributed by atoms with van der Waals surface area (Å²) in [6.45, 7) is 3.74. The third kappa shape index (κ3) is 3.62. The van der Waals surface area contributed by atoms with E-state index < -0.39 is 10.0 Å². The van der Waals surface area contributed by atoms with Gasteiger partial charge >= 0.3 is 0 Å². The Morgan fingerprint density at radius 2 is 2.16 bits per heavy atom. The highest BCUT2D eigenvalue weighted by Gasteiger charge is 2.31. The first-order valence-electron chi connectivity index (χ1n) is 5.60. The van der Waals surface area contributed by atoms with E-state index in [1.807, 2.05) is 6.92 Å². The average Bonchev–Trinajstić information content (AvgIpc) is 2.33. The molecule has 0 radical (unpaired) electrons. The van der Waals surface area contributed by atoms with Crippen LogP contribution in [0.3, 0.4) is 0 Å². The third-order valence-corrected chi connectivity index (χ3v) is 6.16. The van der Waals surface area contributed by atoms with Gasteiger partial charge in [0.25, 0.3) is 0 Å². The van der Waals surface area contributed by atoms with Crippen molar-refractivity contribution in [2.75, 3.05) is 19.6 Å². The molecule has 0 aromatic heterocycles. The quantitative estimate of drug-likeness (QED) is 0.845. The summed E-state index contributed by atoms with van der Waals surface area (Å²) in [5.74, 6) is 0. The van der Waals surface area contributed by atoms with Crippen LogP contribution < -0.4 is 5.32 Å². The van der Waals surface area contributed by atoms with Gasteiger partial charge in [-0.2, -0.15) is 4.31 Å². The zero-order valence-corrected chi connectivity index (χ0v) is 14.2. The number of piperazine rings is 1. The molecule has 0 spiro atoms. The van der Waals surface area contributed by atoms with E-state index in [0.29, 0.717) is 29.1 Å². The fraction of sp³-hybridized carbons (Fsp3) is 0.455. The van der Waals surface area contributed by atoms with Crippen LogP contribution in [0.4, 0.5) is 0 Å². The van der Waals surface area contributed by atoms with Crippen molar-refractivity contribution in [3.05, 3.63) is 27.7 Å². The second-order valence-electron chi connectivity index (χ2n) is 4.24. The first-order valence-corrected chi connectivity index (χ1v) is 8.21. The molecule has 1 N–H and O–H groups in total. The Bertz CT molecular complexity index is 554. The van der Waals surface area contributed by atoms with Gasteiger partial charge in [-0.25, -0.2) is 8.42 Å². The van der Waals surface area contributed by atoms with Gasteiger partial charge in [-0.15, -0.1) is 12.4 Å². The number of sulfonamides is 1. The SMILES string of the molecule is C[C@H]1CNCCN1S(=O)(=O)c1ccc(Cl)c(Br)c1.Cl. The number of benzene rings is 1. The predicted octanol–water partition coefficient (Wildman–Crippen LogP) is 2.51. The van der Waals surface area contributed by atoms with Crippen molar-refractivity contribution in [3.63, 3.8) is 0 Å². The molecule has 1 aromatic carbocycles. The Kier molecular flexibility index (Phi) is 6.10. The van der Waals surface area contributed by atoms with Crippen LogP contribution in [0, 0.1) is 0 Å². The molecule has 1 aromatic rings. The molecule has 1 atom stereocenters. The zero-order valence-electron chi connectivity index (χ0n) is 10.3. The summed E-state index contributed by atoms with van der Waals surface area (Å²) in [7, 11) is -3.45. The van der Waals surface area contributed by atoms with E-state index in [4.69, 9.17) is 11.6 Å². The van der Waals surface area contributed by atoms with Crippen LogP contribution in [-0.4, -0.2) is 38.4 Å². The van der Waals surface area contributed by atoms with E-state index in [0.717, 1.165) is 0 Å². The van der Waals surface area contributed by atoms with Gasteiger partial charge in [0.15, 0.2) is 0 Å². The molecule has 0 aliphatic carbocycles. The molecule has 1 heterocycles. The highest BCUT2D eigenvalue weighted by Crippen LogP contribution is 2.27. The fourth-order valence-electron chi connectivity index (χ4n) is 1.95. The lowest BCUT2D eigenvalue weighted by atomic mass is 10.3. The highest BCUT2D eigenvalue weighted by atomic mass is 79.9. The Hall–Kier alpha value is 0.150. The molecular weight excluding hydrogens is 375 g/mol. The normalized spacial score (nSPS) is 20.9. The lowest BCUT2D eigenvalue weighted by Gasteiger charge is -2.32.